The summed E-state index contributed by atoms with van der Waals surface area (Å²) in [4.78, 5) is 5.42. The van der Waals surface area contributed by atoms with Crippen LogP contribution in [0.3, 0.4) is 0 Å². The molecule has 0 amide bonds. The molecule has 0 aromatic carbocycles. The first-order chi connectivity index (χ1) is 9.78. The molecule has 0 aromatic heterocycles. The summed E-state index contributed by atoms with van der Waals surface area (Å²) in [5.74, 6) is 0.923. The molecule has 3 aliphatic rings. The van der Waals surface area contributed by atoms with Crippen molar-refractivity contribution in [2.45, 2.75) is 69.5 Å². The lowest BCUT2D eigenvalue weighted by Crippen LogP contribution is -2.47. The Bertz CT molecular complexity index is 301. The molecule has 3 rings (SSSR count). The zero-order valence-electron chi connectivity index (χ0n) is 13.5. The summed E-state index contributed by atoms with van der Waals surface area (Å²) in [5, 5.41) is 3.64. The second-order valence-corrected chi connectivity index (χ2v) is 7.39. The molecule has 1 aliphatic carbocycles. The minimum absolute atomic E-state index is 0.720. The number of hydrogen-bond acceptors (Lipinski definition) is 3. The van der Waals surface area contributed by atoms with Crippen molar-refractivity contribution in [3.63, 3.8) is 0 Å². The molecule has 1 N–H and O–H groups in total. The molecule has 3 unspecified atom stereocenters. The van der Waals surface area contributed by atoms with Gasteiger partial charge in [0, 0.05) is 31.2 Å². The van der Waals surface area contributed by atoms with Gasteiger partial charge in [0.25, 0.3) is 0 Å². The number of likely N-dealkylation sites (tertiary alicyclic amines) is 1. The predicted octanol–water partition coefficient (Wildman–Crippen LogP) is 2.32. The molecule has 0 aromatic rings. The van der Waals surface area contributed by atoms with E-state index in [1.54, 1.807) is 0 Å². The monoisotopic (exact) mass is 279 g/mol. The van der Waals surface area contributed by atoms with Crippen LogP contribution in [0.5, 0.6) is 0 Å². The van der Waals surface area contributed by atoms with Gasteiger partial charge in [0.15, 0.2) is 0 Å². The average molecular weight is 279 g/mol. The van der Waals surface area contributed by atoms with Gasteiger partial charge in [-0.25, -0.2) is 0 Å². The summed E-state index contributed by atoms with van der Waals surface area (Å²) in [5.41, 5.74) is 0. The van der Waals surface area contributed by atoms with Crippen molar-refractivity contribution in [1.82, 2.24) is 15.1 Å². The number of nitrogens with zero attached hydrogens (tertiary/aromatic N) is 2. The highest BCUT2D eigenvalue weighted by Crippen LogP contribution is 2.30. The topological polar surface area (TPSA) is 18.5 Å². The highest BCUT2D eigenvalue weighted by Gasteiger charge is 2.35. The van der Waals surface area contributed by atoms with Gasteiger partial charge in [0.05, 0.1) is 0 Å². The van der Waals surface area contributed by atoms with Crippen molar-refractivity contribution in [2.24, 2.45) is 5.92 Å². The summed E-state index contributed by atoms with van der Waals surface area (Å²) in [7, 11) is 4.53. The van der Waals surface area contributed by atoms with Crippen LogP contribution in [0.25, 0.3) is 0 Å². The van der Waals surface area contributed by atoms with E-state index < -0.39 is 0 Å². The van der Waals surface area contributed by atoms with Crippen molar-refractivity contribution in [2.75, 3.05) is 33.7 Å². The molecule has 116 valence electrons. The lowest BCUT2D eigenvalue weighted by molar-refractivity contribution is 0.172. The SMILES string of the molecule is CNC(CN1CCC2CCC(C1)N2C)C1CCCCC1. The van der Waals surface area contributed by atoms with Gasteiger partial charge in [-0.1, -0.05) is 19.3 Å². The lowest BCUT2D eigenvalue weighted by atomic mass is 9.83. The van der Waals surface area contributed by atoms with Crippen molar-refractivity contribution in [3.8, 4) is 0 Å². The Morgan fingerprint density at radius 2 is 1.75 bits per heavy atom. The fourth-order valence-electron chi connectivity index (χ4n) is 4.84. The first-order valence-corrected chi connectivity index (χ1v) is 8.89. The molecule has 3 nitrogen and oxygen atoms in total. The molecule has 2 aliphatic heterocycles. The Labute approximate surface area is 125 Å². The molecule has 0 spiro atoms. The number of fused-ring (bicyclic) bond motifs is 2. The molecule has 0 radical (unpaired) electrons. The summed E-state index contributed by atoms with van der Waals surface area (Å²) in [6, 6.07) is 2.41. The van der Waals surface area contributed by atoms with E-state index in [1.165, 1.54) is 71.0 Å². The average Bonchev–Trinajstić information content (AvgIpc) is 2.73. The number of nitrogens with one attached hydrogen (secondary N) is 1. The van der Waals surface area contributed by atoms with Gasteiger partial charge >= 0.3 is 0 Å². The van der Waals surface area contributed by atoms with E-state index in [4.69, 9.17) is 0 Å². The van der Waals surface area contributed by atoms with Crippen molar-refractivity contribution in [1.29, 1.82) is 0 Å². The van der Waals surface area contributed by atoms with E-state index in [9.17, 15) is 0 Å². The van der Waals surface area contributed by atoms with Gasteiger partial charge < -0.3 is 10.2 Å². The van der Waals surface area contributed by atoms with Crippen molar-refractivity contribution >= 4 is 0 Å². The van der Waals surface area contributed by atoms with E-state index in [0.29, 0.717) is 0 Å². The van der Waals surface area contributed by atoms with Gasteiger partial charge in [-0.3, -0.25) is 4.90 Å². The molecule has 3 fully saturated rings. The van der Waals surface area contributed by atoms with E-state index >= 15 is 0 Å². The van der Waals surface area contributed by atoms with Gasteiger partial charge in [-0.15, -0.1) is 0 Å². The van der Waals surface area contributed by atoms with E-state index in [-0.39, 0.29) is 0 Å². The normalized spacial score (nSPS) is 35.1. The minimum Gasteiger partial charge on any atom is -0.315 e. The Hall–Kier alpha value is -0.120. The molecule has 3 atom stereocenters. The maximum atomic E-state index is 3.64. The third-order valence-electron chi connectivity index (χ3n) is 6.28. The Balaban J connectivity index is 1.55. The molecule has 1 saturated carbocycles. The number of likely N-dealkylation sites (N-methyl/N-ethyl adjacent to an activating group) is 2. The van der Waals surface area contributed by atoms with Gasteiger partial charge in [-0.2, -0.15) is 0 Å². The van der Waals surface area contributed by atoms with E-state index in [1.807, 2.05) is 0 Å². The van der Waals surface area contributed by atoms with Crippen LogP contribution in [0.1, 0.15) is 51.4 Å². The summed E-state index contributed by atoms with van der Waals surface area (Å²) in [6.45, 7) is 3.90. The standard InChI is InChI=1S/C17H33N3/c1-18-17(14-6-4-3-5-7-14)13-20-11-10-15-8-9-16(12-20)19(15)2/h14-18H,3-13H2,1-2H3. The highest BCUT2D eigenvalue weighted by atomic mass is 15.3. The quantitative estimate of drug-likeness (QED) is 0.852. The first-order valence-electron chi connectivity index (χ1n) is 8.89. The lowest BCUT2D eigenvalue weighted by Gasteiger charge is -2.35. The third-order valence-corrected chi connectivity index (χ3v) is 6.28. The predicted molar refractivity (Wildman–Crippen MR) is 85.1 cm³/mol. The summed E-state index contributed by atoms with van der Waals surface area (Å²) >= 11 is 0. The van der Waals surface area contributed by atoms with Gasteiger partial charge in [-0.05, 0) is 58.7 Å². The second kappa shape index (κ2) is 6.76. The van der Waals surface area contributed by atoms with Crippen LogP contribution in [0.15, 0.2) is 0 Å². The molecule has 3 heteroatoms. The van der Waals surface area contributed by atoms with Crippen molar-refractivity contribution in [3.05, 3.63) is 0 Å². The second-order valence-electron chi connectivity index (χ2n) is 7.39. The Kier molecular flexibility index (Phi) is 5.00. The zero-order chi connectivity index (χ0) is 13.9. The minimum atomic E-state index is 0.720. The van der Waals surface area contributed by atoms with Crippen LogP contribution in [0, 0.1) is 5.92 Å². The van der Waals surface area contributed by atoms with Crippen LogP contribution in [0.4, 0.5) is 0 Å². The molecular formula is C17H33N3. The fourth-order valence-corrected chi connectivity index (χ4v) is 4.84. The van der Waals surface area contributed by atoms with Crippen LogP contribution >= 0.6 is 0 Å². The summed E-state index contributed by atoms with van der Waals surface area (Å²) < 4.78 is 0. The van der Waals surface area contributed by atoms with Crippen LogP contribution in [0.2, 0.25) is 0 Å². The smallest absolute Gasteiger partial charge is 0.0223 e. The number of hydrogen-bond donors (Lipinski definition) is 1. The zero-order valence-corrected chi connectivity index (χ0v) is 13.5. The summed E-state index contributed by atoms with van der Waals surface area (Å²) in [6.07, 6.45) is 11.5. The molecular weight excluding hydrogens is 246 g/mol. The van der Waals surface area contributed by atoms with E-state index in [2.05, 4.69) is 29.2 Å². The van der Waals surface area contributed by atoms with Crippen LogP contribution in [-0.4, -0.2) is 61.7 Å². The van der Waals surface area contributed by atoms with Crippen molar-refractivity contribution < 1.29 is 0 Å². The molecule has 2 saturated heterocycles. The van der Waals surface area contributed by atoms with Crippen LogP contribution < -0.4 is 5.32 Å². The fraction of sp³-hybridized carbons (Fsp3) is 1.00. The highest BCUT2D eigenvalue weighted by molar-refractivity contribution is 4.92. The van der Waals surface area contributed by atoms with E-state index in [0.717, 1.165) is 24.0 Å². The molecule has 2 heterocycles. The Morgan fingerprint density at radius 3 is 2.50 bits per heavy atom. The third kappa shape index (κ3) is 3.20. The number of rotatable bonds is 4. The maximum Gasteiger partial charge on any atom is 0.0223 e. The van der Waals surface area contributed by atoms with Crippen LogP contribution in [-0.2, 0) is 0 Å². The van der Waals surface area contributed by atoms with Gasteiger partial charge in [0.2, 0.25) is 0 Å². The van der Waals surface area contributed by atoms with Gasteiger partial charge in [0.1, 0.15) is 0 Å². The molecule has 2 bridgehead atoms. The maximum absolute atomic E-state index is 3.64. The first kappa shape index (κ1) is 14.8. The molecule has 20 heavy (non-hydrogen) atoms. The largest absolute Gasteiger partial charge is 0.315 e. The Morgan fingerprint density at radius 1 is 1.00 bits per heavy atom.